The molecule has 9 rings (SSSR count). The van der Waals surface area contributed by atoms with Crippen LogP contribution >= 0.6 is 0 Å². The molecule has 4 N–H and O–H groups in total. The summed E-state index contributed by atoms with van der Waals surface area (Å²) in [5.74, 6) is 0.813. The summed E-state index contributed by atoms with van der Waals surface area (Å²) in [5.41, 5.74) is 5.05. The van der Waals surface area contributed by atoms with Crippen molar-refractivity contribution in [1.82, 2.24) is 40.4 Å². The van der Waals surface area contributed by atoms with E-state index >= 15 is 4.39 Å². The number of imidazole rings is 2. The number of allylic oxidation sites excluding steroid dienone is 3. The molecule has 1 unspecified atom stereocenters. The topological polar surface area (TPSA) is 188 Å². The molecular weight excluding hydrogens is 832 g/mol. The number of carbonyl (C=O) groups is 4. The van der Waals surface area contributed by atoms with Crippen LogP contribution in [0.4, 0.5) is 14.0 Å². The third kappa shape index (κ3) is 8.75. The Hall–Kier alpha value is -7.49. The first-order chi connectivity index (χ1) is 31.6. The largest absolute Gasteiger partial charge is 0.456 e. The predicted molar refractivity (Wildman–Crippen MR) is 239 cm³/mol. The minimum Gasteiger partial charge on any atom is -0.456 e. The predicted octanol–water partition coefficient (Wildman–Crippen LogP) is 8.69. The van der Waals surface area contributed by atoms with E-state index in [1.165, 1.54) is 20.3 Å². The van der Waals surface area contributed by atoms with Gasteiger partial charge in [-0.15, -0.1) is 0 Å². The zero-order chi connectivity index (χ0) is 45.2. The highest BCUT2D eigenvalue weighted by Gasteiger charge is 2.39. The number of halogens is 1. The van der Waals surface area contributed by atoms with Gasteiger partial charge < -0.3 is 44.3 Å². The highest BCUT2D eigenvalue weighted by Crippen LogP contribution is 2.38. The molecule has 3 aromatic carbocycles. The van der Waals surface area contributed by atoms with Gasteiger partial charge in [-0.1, -0.05) is 61.5 Å². The highest BCUT2D eigenvalue weighted by atomic mass is 19.1. The number of H-pyrrole nitrogens is 2. The number of amides is 4. The Kier molecular flexibility index (Phi) is 12.1. The van der Waals surface area contributed by atoms with E-state index in [0.717, 1.165) is 35.1 Å². The van der Waals surface area contributed by atoms with E-state index in [1.54, 1.807) is 52.5 Å². The van der Waals surface area contributed by atoms with Crippen LogP contribution in [-0.4, -0.2) is 87.1 Å². The lowest BCUT2D eigenvalue weighted by Gasteiger charge is -2.30. The highest BCUT2D eigenvalue weighted by molar-refractivity contribution is 5.90. The van der Waals surface area contributed by atoms with Gasteiger partial charge in [0.15, 0.2) is 0 Å². The Morgan fingerprint density at radius 1 is 0.785 bits per heavy atom. The van der Waals surface area contributed by atoms with Crippen LogP contribution in [0.5, 0.6) is 0 Å². The zero-order valence-corrected chi connectivity index (χ0v) is 36.2. The van der Waals surface area contributed by atoms with Gasteiger partial charge in [0.2, 0.25) is 5.91 Å². The number of nitrogens with zero attached hydrogens (tertiary/aromatic N) is 4. The molecule has 5 atom stereocenters. The zero-order valence-electron chi connectivity index (χ0n) is 36.2. The summed E-state index contributed by atoms with van der Waals surface area (Å²) in [5, 5.41) is 6.20. The van der Waals surface area contributed by atoms with Crippen LogP contribution in [0, 0.1) is 11.7 Å². The lowest BCUT2D eigenvalue weighted by molar-refractivity contribution is -0.135. The number of alkyl carbamates (subject to hydrolysis) is 2. The van der Waals surface area contributed by atoms with Crippen LogP contribution in [0.3, 0.4) is 0 Å². The smallest absolute Gasteiger partial charge is 0.407 e. The molecule has 0 spiro atoms. The molecule has 0 saturated carbocycles. The van der Waals surface area contributed by atoms with Gasteiger partial charge in [-0.25, -0.2) is 23.9 Å². The number of likely N-dealkylation sites (tertiary alicyclic amines) is 2. The van der Waals surface area contributed by atoms with E-state index in [-0.39, 0.29) is 35.4 Å². The van der Waals surface area contributed by atoms with Gasteiger partial charge >= 0.3 is 12.2 Å². The van der Waals surface area contributed by atoms with E-state index in [2.05, 4.69) is 43.6 Å². The standard InChI is InChI=1S/C49H49FN8O7/c1-28-10-7-13-32(22-28)43(56-49(62)64-3)47(60)58-21-9-15-39(58)45-52-27-37(54-45)31-16-18-34(35(50)24-31)41-25-33-23-30(17-19-40(33)65-41)36-26-51-44(53-36)38-14-8-20-57(38)46(59)42(55-48(61)63-2)29-11-5-4-6-12-29/h4-7,10-13,16-19,23-28,38-39,42-43H,8-9,14-15,20-22H2,1-3H3,(H,51,53)(H,52,54)(H,55,61)(H,56,62)/t28?,38-,39-,42+,43+/m0/s1. The number of aromatic amines is 2. The molecule has 6 aromatic rings. The maximum atomic E-state index is 16.0. The number of nitrogens with one attached hydrogen (secondary N) is 4. The molecule has 3 aromatic heterocycles. The SMILES string of the molecule is COC(=O)N[C@@H](C(=O)N1CCC[C@H]1c1ncc(-c2ccc(-c3cc4cc(-c5cnc([C@@H]6CCCN6C(=O)[C@H](NC(=O)OC)c6ccccc6)[nH]5)ccc4o3)c(F)c2)[nH]1)C1=CC=CC(C)C1. The Labute approximate surface area is 374 Å². The number of carbonyl (C=O) groups excluding carboxylic acids is 4. The number of methoxy groups -OCH3 is 2. The van der Waals surface area contributed by atoms with Gasteiger partial charge in [-0.05, 0) is 85.6 Å². The van der Waals surface area contributed by atoms with Crippen molar-refractivity contribution in [1.29, 1.82) is 0 Å². The second-order valence-electron chi connectivity index (χ2n) is 16.7. The molecule has 15 nitrogen and oxygen atoms in total. The molecule has 65 heavy (non-hydrogen) atoms. The van der Waals surface area contributed by atoms with Crippen molar-refractivity contribution in [3.05, 3.63) is 132 Å². The fourth-order valence-corrected chi connectivity index (χ4v) is 9.18. The van der Waals surface area contributed by atoms with Gasteiger partial charge in [0.1, 0.15) is 40.9 Å². The third-order valence-electron chi connectivity index (χ3n) is 12.5. The molecule has 2 aliphatic heterocycles. The summed E-state index contributed by atoms with van der Waals surface area (Å²) in [6, 6.07) is 18.9. The first-order valence-corrected chi connectivity index (χ1v) is 21.7. The van der Waals surface area contributed by atoms with Crippen molar-refractivity contribution in [3.8, 4) is 33.8 Å². The van der Waals surface area contributed by atoms with Crippen LogP contribution in [0.15, 0.2) is 113 Å². The summed E-state index contributed by atoms with van der Waals surface area (Å²) >= 11 is 0. The maximum absolute atomic E-state index is 16.0. The average molecular weight is 881 g/mol. The molecule has 3 aliphatic rings. The fraction of sp³-hybridized carbons (Fsp3) is 0.306. The fourth-order valence-electron chi connectivity index (χ4n) is 9.18. The number of rotatable bonds is 11. The number of hydrogen-bond acceptors (Lipinski definition) is 9. The van der Waals surface area contributed by atoms with Gasteiger partial charge in [0.25, 0.3) is 5.91 Å². The number of benzene rings is 3. The maximum Gasteiger partial charge on any atom is 0.407 e. The molecule has 2 saturated heterocycles. The molecule has 1 aliphatic carbocycles. The molecule has 4 amide bonds. The quantitative estimate of drug-likeness (QED) is 0.0987. The molecule has 0 bridgehead atoms. The van der Waals surface area contributed by atoms with Gasteiger partial charge in [0, 0.05) is 29.6 Å². The summed E-state index contributed by atoms with van der Waals surface area (Å²) in [6.45, 7) is 3.06. The van der Waals surface area contributed by atoms with Crippen LogP contribution in [0.2, 0.25) is 0 Å². The van der Waals surface area contributed by atoms with Crippen LogP contribution in [-0.2, 0) is 19.1 Å². The average Bonchev–Trinajstić information content (AvgIpc) is 4.18. The van der Waals surface area contributed by atoms with Crippen molar-refractivity contribution in [3.63, 3.8) is 0 Å². The van der Waals surface area contributed by atoms with Gasteiger partial charge in [-0.2, -0.15) is 0 Å². The normalized spacial score (nSPS) is 19.2. The van der Waals surface area contributed by atoms with E-state index < -0.39 is 30.1 Å². The van der Waals surface area contributed by atoms with E-state index in [0.29, 0.717) is 72.2 Å². The van der Waals surface area contributed by atoms with Gasteiger partial charge in [0.05, 0.1) is 55.6 Å². The second-order valence-corrected chi connectivity index (χ2v) is 16.7. The summed E-state index contributed by atoms with van der Waals surface area (Å²) in [7, 11) is 2.53. The molecule has 334 valence electrons. The molecule has 0 radical (unpaired) electrons. The third-order valence-corrected chi connectivity index (χ3v) is 12.5. The molecule has 5 heterocycles. The number of ether oxygens (including phenoxy) is 2. The minimum absolute atomic E-state index is 0.219. The monoisotopic (exact) mass is 880 g/mol. The second kappa shape index (κ2) is 18.3. The van der Waals surface area contributed by atoms with E-state index in [4.69, 9.17) is 13.9 Å². The van der Waals surface area contributed by atoms with Crippen molar-refractivity contribution < 1.29 is 37.5 Å². The van der Waals surface area contributed by atoms with Crippen molar-refractivity contribution in [2.75, 3.05) is 27.3 Å². The first-order valence-electron chi connectivity index (χ1n) is 21.7. The van der Waals surface area contributed by atoms with Gasteiger partial charge in [-0.3, -0.25) is 9.59 Å². The minimum atomic E-state index is -0.924. The molecule has 16 heteroatoms. The number of furan rings is 1. The van der Waals surface area contributed by atoms with Crippen LogP contribution < -0.4 is 10.6 Å². The Morgan fingerprint density at radius 3 is 2.00 bits per heavy atom. The van der Waals surface area contributed by atoms with Crippen LogP contribution in [0.25, 0.3) is 44.8 Å². The lowest BCUT2D eigenvalue weighted by Crippen LogP contribution is -2.49. The first kappa shape index (κ1) is 42.8. The van der Waals surface area contributed by atoms with Crippen molar-refractivity contribution in [2.45, 2.75) is 63.2 Å². The Balaban J connectivity index is 0.897. The van der Waals surface area contributed by atoms with E-state index in [9.17, 15) is 19.2 Å². The van der Waals surface area contributed by atoms with Crippen molar-refractivity contribution >= 4 is 35.0 Å². The Morgan fingerprint density at radius 2 is 1.38 bits per heavy atom. The van der Waals surface area contributed by atoms with Crippen molar-refractivity contribution in [2.24, 2.45) is 5.92 Å². The number of aromatic nitrogens is 4. The lowest BCUT2D eigenvalue weighted by atomic mass is 9.90. The summed E-state index contributed by atoms with van der Waals surface area (Å²) < 4.78 is 31.8. The Bertz CT molecular complexity index is 2810. The summed E-state index contributed by atoms with van der Waals surface area (Å²) in [4.78, 5) is 72.2. The summed E-state index contributed by atoms with van der Waals surface area (Å²) in [6.07, 6.45) is 11.4. The number of fused-ring (bicyclic) bond motifs is 1. The molecule has 2 fully saturated rings. The number of hydrogen-bond donors (Lipinski definition) is 4. The van der Waals surface area contributed by atoms with E-state index in [1.807, 2.05) is 48.6 Å². The molecular formula is C49H49FN8O7. The van der Waals surface area contributed by atoms with Crippen LogP contribution in [0.1, 0.15) is 74.4 Å².